The normalized spacial score (nSPS) is 11.2. The minimum Gasteiger partial charge on any atom is -0.359 e. The summed E-state index contributed by atoms with van der Waals surface area (Å²) in [5.41, 5.74) is 4.87. The highest BCUT2D eigenvalue weighted by Gasteiger charge is 2.01. The van der Waals surface area contributed by atoms with Crippen LogP contribution in [0.1, 0.15) is 22.5 Å². The molecule has 1 aromatic carbocycles. The van der Waals surface area contributed by atoms with Crippen LogP contribution in [-0.2, 0) is 0 Å². The summed E-state index contributed by atoms with van der Waals surface area (Å²) in [5, 5.41) is 9.18. The number of aryl methyl sites for hydroxylation is 2. The number of hydrogen-bond acceptors (Lipinski definition) is 1. The summed E-state index contributed by atoms with van der Waals surface area (Å²) in [5.74, 6) is 0. The molecule has 2 heteroatoms. The standard InChI is InChI=1S/C15H14N2/c1-11-3-6-13(7-4-11)14(10-16)9-15-8-5-12(2)17-15/h3-9,17H,1-2H3. The van der Waals surface area contributed by atoms with Gasteiger partial charge in [0.15, 0.2) is 0 Å². The van der Waals surface area contributed by atoms with Crippen LogP contribution in [0.4, 0.5) is 0 Å². The SMILES string of the molecule is Cc1ccc(C(C#N)=Cc2ccc(C)[nH]2)cc1. The predicted octanol–water partition coefficient (Wildman–Crippen LogP) is 3.70. The fraction of sp³-hybridized carbons (Fsp3) is 0.133. The van der Waals surface area contributed by atoms with Crippen LogP contribution in [0.3, 0.4) is 0 Å². The van der Waals surface area contributed by atoms with Crippen LogP contribution < -0.4 is 0 Å². The lowest BCUT2D eigenvalue weighted by Crippen LogP contribution is -1.83. The molecule has 0 atom stereocenters. The van der Waals surface area contributed by atoms with E-state index in [0.29, 0.717) is 5.57 Å². The van der Waals surface area contributed by atoms with Crippen molar-refractivity contribution in [2.75, 3.05) is 0 Å². The van der Waals surface area contributed by atoms with Crippen LogP contribution in [0.5, 0.6) is 0 Å². The smallest absolute Gasteiger partial charge is 0.0998 e. The summed E-state index contributed by atoms with van der Waals surface area (Å²) < 4.78 is 0. The molecule has 0 bridgehead atoms. The Balaban J connectivity index is 2.37. The molecular weight excluding hydrogens is 208 g/mol. The maximum Gasteiger partial charge on any atom is 0.0998 e. The van der Waals surface area contributed by atoms with E-state index in [2.05, 4.69) is 11.1 Å². The number of aromatic amines is 1. The van der Waals surface area contributed by atoms with Crippen molar-refractivity contribution in [2.24, 2.45) is 0 Å². The minimum atomic E-state index is 0.673. The van der Waals surface area contributed by atoms with E-state index in [1.54, 1.807) is 0 Å². The number of nitrogens with one attached hydrogen (secondary N) is 1. The van der Waals surface area contributed by atoms with Crippen molar-refractivity contribution in [1.29, 1.82) is 5.26 Å². The van der Waals surface area contributed by atoms with Gasteiger partial charge in [0.1, 0.15) is 0 Å². The molecule has 0 radical (unpaired) electrons. The second kappa shape index (κ2) is 4.71. The van der Waals surface area contributed by atoms with Crippen LogP contribution >= 0.6 is 0 Å². The second-order valence-electron chi connectivity index (χ2n) is 4.13. The summed E-state index contributed by atoms with van der Waals surface area (Å²) >= 11 is 0. The molecule has 0 spiro atoms. The van der Waals surface area contributed by atoms with Crippen molar-refractivity contribution in [1.82, 2.24) is 4.98 Å². The van der Waals surface area contributed by atoms with Crippen LogP contribution in [-0.4, -0.2) is 4.98 Å². The molecule has 84 valence electrons. The number of rotatable bonds is 2. The van der Waals surface area contributed by atoms with Gasteiger partial charge in [0.2, 0.25) is 0 Å². The molecule has 17 heavy (non-hydrogen) atoms. The number of allylic oxidation sites excluding steroid dienone is 1. The molecule has 0 saturated carbocycles. The van der Waals surface area contributed by atoms with E-state index in [0.717, 1.165) is 17.0 Å². The van der Waals surface area contributed by atoms with E-state index in [1.807, 2.05) is 56.3 Å². The van der Waals surface area contributed by atoms with Crippen molar-refractivity contribution < 1.29 is 0 Å². The molecule has 1 heterocycles. The number of aromatic nitrogens is 1. The van der Waals surface area contributed by atoms with Crippen molar-refractivity contribution >= 4 is 11.6 Å². The van der Waals surface area contributed by atoms with Gasteiger partial charge in [0, 0.05) is 11.4 Å². The highest BCUT2D eigenvalue weighted by Crippen LogP contribution is 2.17. The van der Waals surface area contributed by atoms with Gasteiger partial charge in [0.25, 0.3) is 0 Å². The summed E-state index contributed by atoms with van der Waals surface area (Å²) in [6.07, 6.45) is 1.87. The molecule has 2 nitrogen and oxygen atoms in total. The van der Waals surface area contributed by atoms with Gasteiger partial charge in [-0.05, 0) is 37.6 Å². The zero-order chi connectivity index (χ0) is 12.3. The van der Waals surface area contributed by atoms with E-state index in [-0.39, 0.29) is 0 Å². The molecule has 2 aromatic rings. The average molecular weight is 222 g/mol. The maximum absolute atomic E-state index is 9.18. The lowest BCUT2D eigenvalue weighted by Gasteiger charge is -1.99. The topological polar surface area (TPSA) is 39.6 Å². The minimum absolute atomic E-state index is 0.673. The Morgan fingerprint density at radius 3 is 2.35 bits per heavy atom. The van der Waals surface area contributed by atoms with Crippen LogP contribution in [0, 0.1) is 25.2 Å². The molecule has 1 aromatic heterocycles. The van der Waals surface area contributed by atoms with Crippen LogP contribution in [0.2, 0.25) is 0 Å². The number of nitriles is 1. The van der Waals surface area contributed by atoms with Gasteiger partial charge in [-0.1, -0.05) is 29.8 Å². The fourth-order valence-electron chi connectivity index (χ4n) is 1.68. The molecule has 0 fully saturated rings. The average Bonchev–Trinajstić information content (AvgIpc) is 2.73. The second-order valence-corrected chi connectivity index (χ2v) is 4.13. The number of H-pyrrole nitrogens is 1. The Bertz CT molecular complexity index is 580. The molecule has 2 rings (SSSR count). The molecule has 0 aliphatic rings. The van der Waals surface area contributed by atoms with E-state index >= 15 is 0 Å². The quantitative estimate of drug-likeness (QED) is 0.773. The first-order valence-electron chi connectivity index (χ1n) is 5.53. The third-order valence-corrected chi connectivity index (χ3v) is 2.64. The third-order valence-electron chi connectivity index (χ3n) is 2.64. The summed E-state index contributed by atoms with van der Waals surface area (Å²) in [6, 6.07) is 14.2. The number of benzene rings is 1. The number of hydrogen-bond donors (Lipinski definition) is 1. The highest BCUT2D eigenvalue weighted by molar-refractivity contribution is 5.88. The van der Waals surface area contributed by atoms with Gasteiger partial charge in [-0.3, -0.25) is 0 Å². The van der Waals surface area contributed by atoms with Crippen molar-refractivity contribution in [3.8, 4) is 6.07 Å². The van der Waals surface area contributed by atoms with Crippen molar-refractivity contribution in [3.63, 3.8) is 0 Å². The van der Waals surface area contributed by atoms with E-state index in [9.17, 15) is 5.26 Å². The van der Waals surface area contributed by atoms with Gasteiger partial charge in [0.05, 0.1) is 11.6 Å². The third kappa shape index (κ3) is 2.64. The van der Waals surface area contributed by atoms with Crippen LogP contribution in [0.15, 0.2) is 36.4 Å². The Labute approximate surface area is 101 Å². The zero-order valence-corrected chi connectivity index (χ0v) is 9.99. The highest BCUT2D eigenvalue weighted by atomic mass is 14.7. The molecule has 0 amide bonds. The molecule has 0 unspecified atom stereocenters. The Kier molecular flexibility index (Phi) is 3.11. The van der Waals surface area contributed by atoms with Crippen molar-refractivity contribution in [3.05, 3.63) is 58.9 Å². The lowest BCUT2D eigenvalue weighted by atomic mass is 10.0. The van der Waals surface area contributed by atoms with Gasteiger partial charge < -0.3 is 4.98 Å². The Hall–Kier alpha value is -2.27. The first-order valence-corrected chi connectivity index (χ1v) is 5.53. The molecule has 1 N–H and O–H groups in total. The van der Waals surface area contributed by atoms with Gasteiger partial charge in [-0.2, -0.15) is 5.26 Å². The summed E-state index contributed by atoms with van der Waals surface area (Å²) in [6.45, 7) is 4.03. The molecule has 0 saturated heterocycles. The van der Waals surface area contributed by atoms with Crippen molar-refractivity contribution in [2.45, 2.75) is 13.8 Å². The summed E-state index contributed by atoms with van der Waals surface area (Å²) in [4.78, 5) is 3.19. The largest absolute Gasteiger partial charge is 0.359 e. The van der Waals surface area contributed by atoms with E-state index in [4.69, 9.17) is 0 Å². The van der Waals surface area contributed by atoms with E-state index < -0.39 is 0 Å². The monoisotopic (exact) mass is 222 g/mol. The molecule has 0 aliphatic heterocycles. The first-order chi connectivity index (χ1) is 8.19. The first kappa shape index (κ1) is 11.2. The van der Waals surface area contributed by atoms with Crippen LogP contribution in [0.25, 0.3) is 11.6 Å². The fourth-order valence-corrected chi connectivity index (χ4v) is 1.68. The van der Waals surface area contributed by atoms with Gasteiger partial charge in [-0.25, -0.2) is 0 Å². The number of nitrogens with zero attached hydrogens (tertiary/aromatic N) is 1. The van der Waals surface area contributed by atoms with Gasteiger partial charge >= 0.3 is 0 Å². The maximum atomic E-state index is 9.18. The Morgan fingerprint density at radius 1 is 1.12 bits per heavy atom. The Morgan fingerprint density at radius 2 is 1.82 bits per heavy atom. The molecular formula is C15H14N2. The summed E-state index contributed by atoms with van der Waals surface area (Å²) in [7, 11) is 0. The predicted molar refractivity (Wildman–Crippen MR) is 70.2 cm³/mol. The van der Waals surface area contributed by atoms with Gasteiger partial charge in [-0.15, -0.1) is 0 Å². The van der Waals surface area contributed by atoms with E-state index in [1.165, 1.54) is 5.56 Å². The lowest BCUT2D eigenvalue weighted by molar-refractivity contribution is 1.25. The molecule has 0 aliphatic carbocycles. The zero-order valence-electron chi connectivity index (χ0n) is 9.99.